The average molecular weight is 344 g/mol. The lowest BCUT2D eigenvalue weighted by molar-refractivity contribution is -0.167. The molecule has 0 aliphatic heterocycles. The third-order valence-electron chi connectivity index (χ3n) is 2.87. The molecule has 2 rings (SSSR count). The van der Waals surface area contributed by atoms with Crippen molar-refractivity contribution in [2.75, 3.05) is 10.6 Å². The van der Waals surface area contributed by atoms with E-state index in [0.29, 0.717) is 6.07 Å². The number of carbonyl (C=O) groups excluding carboxylic acids is 2. The van der Waals surface area contributed by atoms with Crippen molar-refractivity contribution in [1.82, 2.24) is 0 Å². The molecule has 0 saturated carbocycles. The van der Waals surface area contributed by atoms with Crippen LogP contribution in [-0.4, -0.2) is 18.0 Å². The summed E-state index contributed by atoms with van der Waals surface area (Å²) in [7, 11) is 0. The fraction of sp³-hybridized carbons (Fsp3) is 0.0667. The number of carbonyl (C=O) groups is 2. The van der Waals surface area contributed by atoms with Crippen LogP contribution in [0.25, 0.3) is 0 Å². The number of amides is 2. The molecule has 0 spiro atoms. The lowest BCUT2D eigenvalue weighted by Crippen LogP contribution is -2.31. The molecule has 0 radical (unpaired) electrons. The molecule has 4 nitrogen and oxygen atoms in total. The predicted molar refractivity (Wildman–Crippen MR) is 75.4 cm³/mol. The third-order valence-corrected chi connectivity index (χ3v) is 2.87. The third kappa shape index (κ3) is 3.86. The average Bonchev–Trinajstić information content (AvgIpc) is 2.53. The number of halogens is 5. The molecule has 9 heteroatoms. The molecule has 2 aromatic carbocycles. The van der Waals surface area contributed by atoms with Crippen molar-refractivity contribution < 1.29 is 31.5 Å². The second-order valence-corrected chi connectivity index (χ2v) is 4.56. The molecule has 24 heavy (non-hydrogen) atoms. The zero-order valence-corrected chi connectivity index (χ0v) is 11.7. The van der Waals surface area contributed by atoms with Crippen LogP contribution in [0.1, 0.15) is 10.4 Å². The van der Waals surface area contributed by atoms with E-state index in [1.807, 2.05) is 0 Å². The SMILES string of the molecule is O=C(Nc1ccc(F)c(NC(=O)C(F)(F)F)c1F)c1ccccc1. The van der Waals surface area contributed by atoms with Gasteiger partial charge in [0.1, 0.15) is 11.5 Å². The van der Waals surface area contributed by atoms with Crippen LogP contribution in [0.5, 0.6) is 0 Å². The Morgan fingerprint density at radius 1 is 0.875 bits per heavy atom. The lowest BCUT2D eigenvalue weighted by Gasteiger charge is -2.13. The van der Waals surface area contributed by atoms with Gasteiger partial charge in [-0.2, -0.15) is 13.2 Å². The van der Waals surface area contributed by atoms with Gasteiger partial charge < -0.3 is 10.6 Å². The van der Waals surface area contributed by atoms with Gasteiger partial charge in [0.15, 0.2) is 5.82 Å². The Bertz CT molecular complexity index is 775. The summed E-state index contributed by atoms with van der Waals surface area (Å²) in [5, 5.41) is 3.20. The largest absolute Gasteiger partial charge is 0.471 e. The van der Waals surface area contributed by atoms with Crippen LogP contribution in [0.2, 0.25) is 0 Å². The van der Waals surface area contributed by atoms with Gasteiger partial charge in [-0.1, -0.05) is 18.2 Å². The molecule has 0 fully saturated rings. The number of nitrogens with one attached hydrogen (secondary N) is 2. The van der Waals surface area contributed by atoms with E-state index >= 15 is 0 Å². The fourth-order valence-electron chi connectivity index (χ4n) is 1.73. The molecular formula is C15H9F5N2O2. The van der Waals surface area contributed by atoms with Gasteiger partial charge in [0.25, 0.3) is 5.91 Å². The summed E-state index contributed by atoms with van der Waals surface area (Å²) in [6.07, 6.45) is -5.32. The number of alkyl halides is 3. The van der Waals surface area contributed by atoms with Crippen molar-refractivity contribution in [2.24, 2.45) is 0 Å². The summed E-state index contributed by atoms with van der Waals surface area (Å²) in [4.78, 5) is 22.7. The summed E-state index contributed by atoms with van der Waals surface area (Å²) >= 11 is 0. The molecule has 126 valence electrons. The number of benzene rings is 2. The van der Waals surface area contributed by atoms with E-state index in [9.17, 15) is 31.5 Å². The predicted octanol–water partition coefficient (Wildman–Crippen LogP) is 3.72. The van der Waals surface area contributed by atoms with Gasteiger partial charge in [-0.15, -0.1) is 0 Å². The van der Waals surface area contributed by atoms with Crippen molar-refractivity contribution in [3.05, 3.63) is 59.7 Å². The van der Waals surface area contributed by atoms with E-state index in [2.05, 4.69) is 5.32 Å². The first-order valence-electron chi connectivity index (χ1n) is 6.42. The van der Waals surface area contributed by atoms with Crippen LogP contribution < -0.4 is 10.6 Å². The van der Waals surface area contributed by atoms with Gasteiger partial charge in [0.2, 0.25) is 0 Å². The molecule has 0 bridgehead atoms. The molecular weight excluding hydrogens is 335 g/mol. The summed E-state index contributed by atoms with van der Waals surface area (Å²) in [5.41, 5.74) is -1.73. The highest BCUT2D eigenvalue weighted by atomic mass is 19.4. The highest BCUT2D eigenvalue weighted by Gasteiger charge is 2.39. The summed E-state index contributed by atoms with van der Waals surface area (Å²) in [6.45, 7) is 0. The number of rotatable bonds is 3. The van der Waals surface area contributed by atoms with Crippen LogP contribution in [0.15, 0.2) is 42.5 Å². The number of hydrogen-bond acceptors (Lipinski definition) is 2. The van der Waals surface area contributed by atoms with Gasteiger partial charge in [-0.3, -0.25) is 9.59 Å². The van der Waals surface area contributed by atoms with Gasteiger partial charge >= 0.3 is 12.1 Å². The van der Waals surface area contributed by atoms with Crippen LogP contribution in [0.3, 0.4) is 0 Å². The number of anilines is 2. The zero-order valence-electron chi connectivity index (χ0n) is 11.7. The van der Waals surface area contributed by atoms with Crippen LogP contribution >= 0.6 is 0 Å². The Labute approximate surface area is 132 Å². The summed E-state index contributed by atoms with van der Waals surface area (Å²) in [5.74, 6) is -6.24. The Kier molecular flexibility index (Phi) is 4.82. The normalized spacial score (nSPS) is 11.0. The van der Waals surface area contributed by atoms with E-state index in [1.165, 1.54) is 12.1 Å². The summed E-state index contributed by atoms with van der Waals surface area (Å²) in [6, 6.07) is 9.02. The maximum atomic E-state index is 14.1. The van der Waals surface area contributed by atoms with E-state index in [1.54, 1.807) is 18.2 Å². The van der Waals surface area contributed by atoms with E-state index in [-0.39, 0.29) is 5.56 Å². The molecule has 2 amide bonds. The van der Waals surface area contributed by atoms with Crippen LogP contribution in [-0.2, 0) is 4.79 Å². The molecule has 0 aromatic heterocycles. The minimum Gasteiger partial charge on any atom is -0.319 e. The van der Waals surface area contributed by atoms with Gasteiger partial charge in [0, 0.05) is 5.56 Å². The maximum Gasteiger partial charge on any atom is 0.471 e. The highest BCUT2D eigenvalue weighted by molar-refractivity contribution is 6.05. The van der Waals surface area contributed by atoms with E-state index < -0.39 is 41.0 Å². The molecule has 0 saturated heterocycles. The monoisotopic (exact) mass is 344 g/mol. The van der Waals surface area contributed by atoms with E-state index in [4.69, 9.17) is 0 Å². The van der Waals surface area contributed by atoms with Gasteiger partial charge in [0.05, 0.1) is 5.69 Å². The molecule has 0 aliphatic carbocycles. The fourth-order valence-corrected chi connectivity index (χ4v) is 1.73. The summed E-state index contributed by atoms with van der Waals surface area (Å²) < 4.78 is 64.2. The first kappa shape index (κ1) is 17.4. The van der Waals surface area contributed by atoms with Crippen molar-refractivity contribution >= 4 is 23.2 Å². The van der Waals surface area contributed by atoms with E-state index in [0.717, 1.165) is 11.4 Å². The zero-order chi connectivity index (χ0) is 17.9. The molecule has 0 unspecified atom stereocenters. The Hall–Kier alpha value is -2.97. The molecule has 0 atom stereocenters. The second kappa shape index (κ2) is 6.65. The standard InChI is InChI=1S/C15H9F5N2O2/c16-9-6-7-10(21-13(23)8-4-2-1-3-5-8)11(17)12(9)22-14(24)15(18,19)20/h1-7H,(H,21,23)(H,22,24). The first-order chi connectivity index (χ1) is 11.2. The van der Waals surface area contributed by atoms with Crippen molar-refractivity contribution in [1.29, 1.82) is 0 Å². The molecule has 2 aromatic rings. The molecule has 2 N–H and O–H groups in total. The minimum atomic E-state index is -5.32. The second-order valence-electron chi connectivity index (χ2n) is 4.56. The Morgan fingerprint density at radius 2 is 1.50 bits per heavy atom. The maximum absolute atomic E-state index is 14.1. The van der Waals surface area contributed by atoms with Crippen molar-refractivity contribution in [3.8, 4) is 0 Å². The van der Waals surface area contributed by atoms with Crippen molar-refractivity contribution in [2.45, 2.75) is 6.18 Å². The highest BCUT2D eigenvalue weighted by Crippen LogP contribution is 2.28. The number of hydrogen-bond donors (Lipinski definition) is 2. The van der Waals surface area contributed by atoms with Gasteiger partial charge in [-0.05, 0) is 24.3 Å². The Morgan fingerprint density at radius 3 is 2.08 bits per heavy atom. The van der Waals surface area contributed by atoms with Crippen LogP contribution in [0.4, 0.5) is 33.3 Å². The van der Waals surface area contributed by atoms with Crippen LogP contribution in [0, 0.1) is 11.6 Å². The molecule has 0 aliphatic rings. The lowest BCUT2D eigenvalue weighted by atomic mass is 10.2. The molecule has 0 heterocycles. The smallest absolute Gasteiger partial charge is 0.319 e. The first-order valence-corrected chi connectivity index (χ1v) is 6.42. The van der Waals surface area contributed by atoms with Gasteiger partial charge in [-0.25, -0.2) is 8.78 Å². The quantitative estimate of drug-likeness (QED) is 0.834. The topological polar surface area (TPSA) is 58.2 Å². The van der Waals surface area contributed by atoms with Crippen molar-refractivity contribution in [3.63, 3.8) is 0 Å². The Balaban J connectivity index is 2.28. The minimum absolute atomic E-state index is 0.155.